The maximum Gasteiger partial charge on any atom is 0.194 e. The third-order valence-corrected chi connectivity index (χ3v) is 5.17. The summed E-state index contributed by atoms with van der Waals surface area (Å²) in [4.78, 5) is 18.4. The molecule has 0 amide bonds. The monoisotopic (exact) mass is 390 g/mol. The van der Waals surface area contributed by atoms with E-state index in [9.17, 15) is 4.79 Å². The lowest BCUT2D eigenvalue weighted by atomic mass is 10.1. The standard InChI is InChI=1S/C22H18N2O3S/c1-26-16-8-9-17(20(14-16)27-2)19(25)11-10-18-21(15-6-4-3-5-7-15)23-22-24(18)12-13-28-22/h3-14H,1-2H3/b11-10+. The number of aromatic nitrogens is 2. The van der Waals surface area contributed by atoms with Gasteiger partial charge in [0, 0.05) is 23.2 Å². The van der Waals surface area contributed by atoms with E-state index in [-0.39, 0.29) is 5.78 Å². The van der Waals surface area contributed by atoms with E-state index in [1.165, 1.54) is 7.11 Å². The Morgan fingerprint density at radius 3 is 2.68 bits per heavy atom. The molecule has 4 aromatic rings. The molecule has 0 saturated carbocycles. The van der Waals surface area contributed by atoms with Crippen molar-refractivity contribution in [3.63, 3.8) is 0 Å². The quantitative estimate of drug-likeness (QED) is 0.344. The van der Waals surface area contributed by atoms with Crippen molar-refractivity contribution in [1.82, 2.24) is 9.38 Å². The van der Waals surface area contributed by atoms with Crippen LogP contribution in [-0.4, -0.2) is 29.4 Å². The molecule has 0 aliphatic carbocycles. The largest absolute Gasteiger partial charge is 0.497 e. The van der Waals surface area contributed by atoms with Gasteiger partial charge in [-0.25, -0.2) is 4.98 Å². The molecule has 0 fully saturated rings. The van der Waals surface area contributed by atoms with Crippen LogP contribution in [0, 0.1) is 0 Å². The van der Waals surface area contributed by atoms with Crippen LogP contribution in [0.25, 0.3) is 22.3 Å². The second-order valence-corrected chi connectivity index (χ2v) is 6.90. The number of hydrogen-bond donors (Lipinski definition) is 0. The molecule has 0 radical (unpaired) electrons. The van der Waals surface area contributed by atoms with Gasteiger partial charge in [0.15, 0.2) is 10.7 Å². The van der Waals surface area contributed by atoms with Crippen molar-refractivity contribution in [2.24, 2.45) is 0 Å². The first-order valence-electron chi connectivity index (χ1n) is 8.66. The van der Waals surface area contributed by atoms with Gasteiger partial charge in [-0.2, -0.15) is 0 Å². The molecule has 0 bridgehead atoms. The Morgan fingerprint density at radius 1 is 1.11 bits per heavy atom. The summed E-state index contributed by atoms with van der Waals surface area (Å²) in [7, 11) is 3.11. The fourth-order valence-electron chi connectivity index (χ4n) is 3.02. The first kappa shape index (κ1) is 18.0. The summed E-state index contributed by atoms with van der Waals surface area (Å²) in [5, 5.41) is 1.97. The third kappa shape index (κ3) is 3.30. The Morgan fingerprint density at radius 2 is 1.93 bits per heavy atom. The maximum absolute atomic E-state index is 12.8. The number of fused-ring (bicyclic) bond motifs is 1. The molecule has 2 heterocycles. The van der Waals surface area contributed by atoms with E-state index in [4.69, 9.17) is 14.5 Å². The minimum atomic E-state index is -0.149. The van der Waals surface area contributed by atoms with Crippen LogP contribution in [0.15, 0.2) is 66.2 Å². The fraction of sp³-hybridized carbons (Fsp3) is 0.0909. The molecule has 2 aromatic carbocycles. The molecule has 0 aliphatic heterocycles. The summed E-state index contributed by atoms with van der Waals surface area (Å²) >= 11 is 1.56. The lowest BCUT2D eigenvalue weighted by Crippen LogP contribution is -1.99. The van der Waals surface area contributed by atoms with Crippen molar-refractivity contribution in [1.29, 1.82) is 0 Å². The van der Waals surface area contributed by atoms with E-state index in [1.807, 2.05) is 46.3 Å². The number of carbonyl (C=O) groups excluding carboxylic acids is 1. The molecule has 4 rings (SSSR count). The molecule has 140 valence electrons. The Kier molecular flexibility index (Phi) is 4.95. The first-order valence-corrected chi connectivity index (χ1v) is 9.54. The lowest BCUT2D eigenvalue weighted by Gasteiger charge is -2.08. The van der Waals surface area contributed by atoms with Gasteiger partial charge in [-0.1, -0.05) is 30.3 Å². The molecule has 0 aliphatic rings. The number of methoxy groups -OCH3 is 2. The van der Waals surface area contributed by atoms with E-state index < -0.39 is 0 Å². The molecule has 6 heteroatoms. The first-order chi connectivity index (χ1) is 13.7. The number of benzene rings is 2. The predicted molar refractivity (Wildman–Crippen MR) is 111 cm³/mol. The Labute approximate surface area is 166 Å². The van der Waals surface area contributed by atoms with Gasteiger partial charge >= 0.3 is 0 Å². The number of carbonyl (C=O) groups is 1. The molecule has 0 spiro atoms. The van der Waals surface area contributed by atoms with Crippen molar-refractivity contribution in [2.45, 2.75) is 0 Å². The van der Waals surface area contributed by atoms with Crippen molar-refractivity contribution >= 4 is 28.2 Å². The molecular formula is C22H18N2O3S. The van der Waals surface area contributed by atoms with Crippen molar-refractivity contribution in [2.75, 3.05) is 14.2 Å². The smallest absolute Gasteiger partial charge is 0.194 e. The highest BCUT2D eigenvalue weighted by Gasteiger charge is 2.15. The second-order valence-electron chi connectivity index (χ2n) is 6.03. The number of rotatable bonds is 6. The van der Waals surface area contributed by atoms with Gasteiger partial charge in [-0.3, -0.25) is 9.20 Å². The molecule has 5 nitrogen and oxygen atoms in total. The van der Waals surface area contributed by atoms with Crippen LogP contribution in [0.3, 0.4) is 0 Å². The molecular weight excluding hydrogens is 372 g/mol. The summed E-state index contributed by atoms with van der Waals surface area (Å²) in [5.41, 5.74) is 3.20. The number of imidazole rings is 1. The zero-order chi connectivity index (χ0) is 19.5. The van der Waals surface area contributed by atoms with Gasteiger partial charge in [0.1, 0.15) is 11.5 Å². The lowest BCUT2D eigenvalue weighted by molar-refractivity contribution is 0.104. The van der Waals surface area contributed by atoms with E-state index in [1.54, 1.807) is 48.8 Å². The van der Waals surface area contributed by atoms with Crippen molar-refractivity contribution in [3.05, 3.63) is 77.4 Å². The summed E-state index contributed by atoms with van der Waals surface area (Å²) in [5.74, 6) is 0.967. The number of allylic oxidation sites excluding steroid dienone is 1. The maximum atomic E-state index is 12.8. The van der Waals surface area contributed by atoms with Crippen molar-refractivity contribution < 1.29 is 14.3 Å². The van der Waals surface area contributed by atoms with Gasteiger partial charge in [-0.15, -0.1) is 11.3 Å². The normalized spacial score (nSPS) is 11.2. The van der Waals surface area contributed by atoms with E-state index in [0.717, 1.165) is 21.9 Å². The number of thiazole rings is 1. The summed E-state index contributed by atoms with van der Waals surface area (Å²) < 4.78 is 12.5. The Hall–Kier alpha value is -3.38. The van der Waals surface area contributed by atoms with Crippen LogP contribution in [0.2, 0.25) is 0 Å². The van der Waals surface area contributed by atoms with Crippen molar-refractivity contribution in [3.8, 4) is 22.8 Å². The number of ketones is 1. The molecule has 0 N–H and O–H groups in total. The van der Waals surface area contributed by atoms with Crippen LogP contribution >= 0.6 is 11.3 Å². The molecule has 28 heavy (non-hydrogen) atoms. The minimum Gasteiger partial charge on any atom is -0.497 e. The van der Waals surface area contributed by atoms with E-state index in [0.29, 0.717) is 17.1 Å². The van der Waals surface area contributed by atoms with Crippen LogP contribution in [0.5, 0.6) is 11.5 Å². The van der Waals surface area contributed by atoms with Crippen LogP contribution < -0.4 is 9.47 Å². The molecule has 0 unspecified atom stereocenters. The van der Waals surface area contributed by atoms with Gasteiger partial charge in [0.25, 0.3) is 0 Å². The predicted octanol–water partition coefficient (Wildman–Crippen LogP) is 4.98. The average Bonchev–Trinajstić information content (AvgIpc) is 3.33. The van der Waals surface area contributed by atoms with Gasteiger partial charge in [0.2, 0.25) is 0 Å². The summed E-state index contributed by atoms with van der Waals surface area (Å²) in [6.07, 6.45) is 5.32. The summed E-state index contributed by atoms with van der Waals surface area (Å²) in [6, 6.07) is 15.1. The third-order valence-electron chi connectivity index (χ3n) is 4.41. The average molecular weight is 390 g/mol. The SMILES string of the molecule is COc1ccc(C(=O)/C=C/c2c(-c3ccccc3)nc3sccn23)c(OC)c1. The number of hydrogen-bond acceptors (Lipinski definition) is 5. The number of nitrogens with zero attached hydrogens (tertiary/aromatic N) is 2. The topological polar surface area (TPSA) is 52.8 Å². The second kappa shape index (κ2) is 7.70. The Bertz CT molecular complexity index is 1160. The zero-order valence-corrected chi connectivity index (χ0v) is 16.3. The zero-order valence-electron chi connectivity index (χ0n) is 15.5. The van der Waals surface area contributed by atoms with Gasteiger partial charge < -0.3 is 9.47 Å². The Balaban J connectivity index is 1.73. The minimum absolute atomic E-state index is 0.149. The van der Waals surface area contributed by atoms with Gasteiger partial charge in [0.05, 0.1) is 31.2 Å². The highest BCUT2D eigenvalue weighted by molar-refractivity contribution is 7.15. The van der Waals surface area contributed by atoms with Gasteiger partial charge in [-0.05, 0) is 24.3 Å². The van der Waals surface area contributed by atoms with E-state index >= 15 is 0 Å². The van der Waals surface area contributed by atoms with Crippen LogP contribution in [0.1, 0.15) is 16.1 Å². The highest BCUT2D eigenvalue weighted by atomic mass is 32.1. The fourth-order valence-corrected chi connectivity index (χ4v) is 3.74. The molecule has 0 atom stereocenters. The molecule has 2 aromatic heterocycles. The molecule has 0 saturated heterocycles. The van der Waals surface area contributed by atoms with Crippen LogP contribution in [-0.2, 0) is 0 Å². The summed E-state index contributed by atoms with van der Waals surface area (Å²) in [6.45, 7) is 0. The van der Waals surface area contributed by atoms with Crippen LogP contribution in [0.4, 0.5) is 0 Å². The highest BCUT2D eigenvalue weighted by Crippen LogP contribution is 2.29. The van der Waals surface area contributed by atoms with E-state index in [2.05, 4.69) is 0 Å². The number of ether oxygens (including phenoxy) is 2.